The first kappa shape index (κ1) is 19.2. The second kappa shape index (κ2) is 8.06. The molecule has 146 valence electrons. The molecule has 1 fully saturated rings. The van der Waals surface area contributed by atoms with Crippen molar-refractivity contribution < 1.29 is 14.4 Å². The predicted molar refractivity (Wildman–Crippen MR) is 106 cm³/mol. The Hall–Kier alpha value is -3.18. The number of anilines is 3. The first-order chi connectivity index (χ1) is 14.1. The second-order valence-corrected chi connectivity index (χ2v) is 7.07. The van der Waals surface area contributed by atoms with Crippen molar-refractivity contribution in [1.82, 2.24) is 9.97 Å². The van der Waals surface area contributed by atoms with Gasteiger partial charge >= 0.3 is 7.12 Å². The van der Waals surface area contributed by atoms with Crippen LogP contribution < -0.4 is 16.1 Å². The average Bonchev–Trinajstić information content (AvgIpc) is 3.11. The lowest BCUT2D eigenvalue weighted by atomic mass is 9.76. The molecule has 0 saturated carbocycles. The van der Waals surface area contributed by atoms with E-state index in [9.17, 15) is 15.5 Å². The maximum Gasteiger partial charge on any atom is 0.493 e. The maximum absolute atomic E-state index is 9.88. The minimum absolute atomic E-state index is 0.140. The lowest BCUT2D eigenvalue weighted by Crippen LogP contribution is -2.38. The van der Waals surface area contributed by atoms with Crippen molar-refractivity contribution in [3.63, 3.8) is 0 Å². The van der Waals surface area contributed by atoms with E-state index >= 15 is 0 Å². The molecule has 10 heteroatoms. The highest BCUT2D eigenvalue weighted by molar-refractivity contribution is 6.62. The molecular weight excluding hydrogens is 371 g/mol. The van der Waals surface area contributed by atoms with Crippen LogP contribution >= 0.6 is 0 Å². The SMILES string of the molecule is Cc1cnc(Nc2cc(C#N)c3c(c2)COB3O)nc1NC1COCCC1C#N. The van der Waals surface area contributed by atoms with Crippen LogP contribution in [0.15, 0.2) is 18.3 Å². The third-order valence-corrected chi connectivity index (χ3v) is 5.10. The number of nitrogens with zero attached hydrogens (tertiary/aromatic N) is 4. The number of hydrogen-bond donors (Lipinski definition) is 3. The molecule has 2 unspecified atom stereocenters. The van der Waals surface area contributed by atoms with Crippen LogP contribution in [-0.2, 0) is 16.0 Å². The molecule has 1 aromatic carbocycles. The third-order valence-electron chi connectivity index (χ3n) is 5.10. The van der Waals surface area contributed by atoms with Crippen molar-refractivity contribution in [3.8, 4) is 12.1 Å². The fraction of sp³-hybridized carbons (Fsp3) is 0.368. The number of rotatable bonds is 4. The molecule has 0 aliphatic carbocycles. The van der Waals surface area contributed by atoms with E-state index in [0.717, 1.165) is 11.1 Å². The molecule has 4 rings (SSSR count). The van der Waals surface area contributed by atoms with Gasteiger partial charge in [-0.1, -0.05) is 0 Å². The van der Waals surface area contributed by atoms with Gasteiger partial charge in [-0.3, -0.25) is 0 Å². The Kier molecular flexibility index (Phi) is 5.32. The van der Waals surface area contributed by atoms with Gasteiger partial charge in [0, 0.05) is 29.5 Å². The van der Waals surface area contributed by atoms with Crippen molar-refractivity contribution in [1.29, 1.82) is 10.5 Å². The van der Waals surface area contributed by atoms with Crippen LogP contribution in [0.1, 0.15) is 23.1 Å². The molecule has 3 heterocycles. The molecule has 2 atom stereocenters. The molecule has 1 aromatic heterocycles. The summed E-state index contributed by atoms with van der Waals surface area (Å²) in [6, 6.07) is 7.72. The minimum atomic E-state index is -1.08. The number of nitrogens with one attached hydrogen (secondary N) is 2. The standard InChI is InChI=1S/C19H19BN6O3/c1-11-8-23-19(26-18(11)25-16-10-28-3-2-12(16)6-21)24-15-4-13(7-22)17-14(5-15)9-29-20(17)27/h4-5,8,12,16,27H,2-3,9-10H2,1H3,(H2,23,24,25,26). The van der Waals surface area contributed by atoms with Gasteiger partial charge in [0.15, 0.2) is 0 Å². The molecule has 0 spiro atoms. The fourth-order valence-corrected chi connectivity index (χ4v) is 3.53. The van der Waals surface area contributed by atoms with Gasteiger partial charge in [-0.05, 0) is 31.0 Å². The zero-order valence-corrected chi connectivity index (χ0v) is 15.8. The Morgan fingerprint density at radius 1 is 1.34 bits per heavy atom. The quantitative estimate of drug-likeness (QED) is 0.652. The van der Waals surface area contributed by atoms with E-state index in [2.05, 4.69) is 32.7 Å². The van der Waals surface area contributed by atoms with Gasteiger partial charge in [-0.15, -0.1) is 0 Å². The Balaban J connectivity index is 1.57. The number of benzene rings is 1. The van der Waals surface area contributed by atoms with Crippen LogP contribution in [0.3, 0.4) is 0 Å². The summed E-state index contributed by atoms with van der Waals surface area (Å²) >= 11 is 0. The van der Waals surface area contributed by atoms with Gasteiger partial charge < -0.3 is 25.0 Å². The number of nitriles is 2. The Morgan fingerprint density at radius 2 is 2.21 bits per heavy atom. The first-order valence-electron chi connectivity index (χ1n) is 9.30. The van der Waals surface area contributed by atoms with E-state index < -0.39 is 7.12 Å². The van der Waals surface area contributed by atoms with Crippen LogP contribution in [-0.4, -0.2) is 41.4 Å². The smallest absolute Gasteiger partial charge is 0.423 e. The van der Waals surface area contributed by atoms with Crippen molar-refractivity contribution in [2.75, 3.05) is 23.8 Å². The minimum Gasteiger partial charge on any atom is -0.423 e. The lowest BCUT2D eigenvalue weighted by molar-refractivity contribution is 0.0698. The highest BCUT2D eigenvalue weighted by Gasteiger charge is 2.31. The molecule has 0 amide bonds. The number of fused-ring (bicyclic) bond motifs is 1. The molecule has 0 bridgehead atoms. The van der Waals surface area contributed by atoms with Crippen molar-refractivity contribution in [2.24, 2.45) is 5.92 Å². The van der Waals surface area contributed by atoms with Crippen LogP contribution in [0.25, 0.3) is 0 Å². The summed E-state index contributed by atoms with van der Waals surface area (Å²) in [7, 11) is -1.08. The molecule has 9 nitrogen and oxygen atoms in total. The van der Waals surface area contributed by atoms with Gasteiger partial charge in [0.05, 0.1) is 42.9 Å². The van der Waals surface area contributed by atoms with E-state index in [0.29, 0.717) is 48.1 Å². The van der Waals surface area contributed by atoms with Gasteiger partial charge in [-0.2, -0.15) is 15.5 Å². The summed E-state index contributed by atoms with van der Waals surface area (Å²) in [6.45, 7) is 3.16. The third kappa shape index (κ3) is 3.87. The predicted octanol–water partition coefficient (Wildman–Crippen LogP) is 0.959. The normalized spacial score (nSPS) is 20.5. The van der Waals surface area contributed by atoms with Gasteiger partial charge in [0.1, 0.15) is 5.82 Å². The molecule has 2 aromatic rings. The van der Waals surface area contributed by atoms with Crippen molar-refractivity contribution in [2.45, 2.75) is 26.0 Å². The van der Waals surface area contributed by atoms with Gasteiger partial charge in [-0.25, -0.2) is 4.98 Å². The summed E-state index contributed by atoms with van der Waals surface area (Å²) in [5, 5.41) is 35.0. The molecule has 29 heavy (non-hydrogen) atoms. The molecule has 3 N–H and O–H groups in total. The zero-order chi connectivity index (χ0) is 20.4. The Labute approximate surface area is 168 Å². The number of ether oxygens (including phenoxy) is 1. The second-order valence-electron chi connectivity index (χ2n) is 7.07. The van der Waals surface area contributed by atoms with E-state index in [1.807, 2.05) is 13.0 Å². The van der Waals surface area contributed by atoms with Crippen molar-refractivity contribution >= 4 is 30.0 Å². The van der Waals surface area contributed by atoms with E-state index in [1.165, 1.54) is 0 Å². The topological polar surface area (TPSA) is 136 Å². The van der Waals surface area contributed by atoms with E-state index in [1.54, 1.807) is 12.3 Å². The summed E-state index contributed by atoms with van der Waals surface area (Å²) in [5.74, 6) is 0.834. The largest absolute Gasteiger partial charge is 0.493 e. The molecule has 2 aliphatic heterocycles. The zero-order valence-electron chi connectivity index (χ0n) is 15.8. The number of hydrogen-bond acceptors (Lipinski definition) is 9. The number of aromatic nitrogens is 2. The monoisotopic (exact) mass is 390 g/mol. The van der Waals surface area contributed by atoms with Crippen LogP contribution in [0.5, 0.6) is 0 Å². The first-order valence-corrected chi connectivity index (χ1v) is 9.30. The fourth-order valence-electron chi connectivity index (χ4n) is 3.53. The lowest BCUT2D eigenvalue weighted by Gasteiger charge is -2.28. The average molecular weight is 390 g/mol. The van der Waals surface area contributed by atoms with Gasteiger partial charge in [0.2, 0.25) is 5.95 Å². The highest BCUT2D eigenvalue weighted by Crippen LogP contribution is 2.24. The maximum atomic E-state index is 9.88. The summed E-state index contributed by atoms with van der Waals surface area (Å²) in [6.07, 6.45) is 2.37. The van der Waals surface area contributed by atoms with E-state index in [-0.39, 0.29) is 18.6 Å². The van der Waals surface area contributed by atoms with Crippen molar-refractivity contribution in [3.05, 3.63) is 35.0 Å². The van der Waals surface area contributed by atoms with Gasteiger partial charge in [0.25, 0.3) is 0 Å². The van der Waals surface area contributed by atoms with Crippen LogP contribution in [0.4, 0.5) is 17.5 Å². The molecule has 0 radical (unpaired) electrons. The summed E-state index contributed by atoms with van der Waals surface area (Å²) < 4.78 is 10.7. The Bertz CT molecular complexity index is 1020. The van der Waals surface area contributed by atoms with E-state index in [4.69, 9.17) is 9.39 Å². The van der Waals surface area contributed by atoms with Crippen LogP contribution in [0.2, 0.25) is 0 Å². The highest BCUT2D eigenvalue weighted by atomic mass is 16.5. The molecule has 1 saturated heterocycles. The van der Waals surface area contributed by atoms with Crippen LogP contribution in [0, 0.1) is 35.5 Å². The summed E-state index contributed by atoms with van der Waals surface area (Å²) in [4.78, 5) is 8.84. The summed E-state index contributed by atoms with van der Waals surface area (Å²) in [5.41, 5.74) is 3.08. The molecular formula is C19H19BN6O3. The Morgan fingerprint density at radius 3 is 3.00 bits per heavy atom. The number of aryl methyl sites for hydroxylation is 1. The molecule has 2 aliphatic rings.